The third kappa shape index (κ3) is 4.88. The van der Waals surface area contributed by atoms with Gasteiger partial charge < -0.3 is 20.3 Å². The average Bonchev–Trinajstić information content (AvgIpc) is 3.10. The predicted molar refractivity (Wildman–Crippen MR) is 121 cm³/mol. The van der Waals surface area contributed by atoms with E-state index in [9.17, 15) is 19.5 Å². The van der Waals surface area contributed by atoms with Crippen LogP contribution >= 0.6 is 11.6 Å². The van der Waals surface area contributed by atoms with Gasteiger partial charge in [-0.2, -0.15) is 0 Å². The van der Waals surface area contributed by atoms with E-state index in [1.807, 2.05) is 6.92 Å². The first-order valence-corrected chi connectivity index (χ1v) is 10.3. The van der Waals surface area contributed by atoms with Crippen LogP contribution in [-0.4, -0.2) is 27.5 Å². The number of rotatable bonds is 7. The number of hydrogen-bond donors (Lipinski definition) is 3. The van der Waals surface area contributed by atoms with E-state index in [4.69, 9.17) is 11.6 Å². The Morgan fingerprint density at radius 3 is 2.48 bits per heavy atom. The zero-order valence-corrected chi connectivity index (χ0v) is 18.3. The number of hydrogen-bond acceptors (Lipinski definition) is 3. The average molecular weight is 442 g/mol. The Morgan fingerprint density at radius 2 is 1.84 bits per heavy atom. The number of anilines is 1. The molecule has 3 aromatic rings. The van der Waals surface area contributed by atoms with Gasteiger partial charge in [-0.3, -0.25) is 9.59 Å². The first kappa shape index (κ1) is 22.4. The summed E-state index contributed by atoms with van der Waals surface area (Å²) in [7, 11) is 0. The third-order valence-corrected chi connectivity index (χ3v) is 5.29. The summed E-state index contributed by atoms with van der Waals surface area (Å²) in [5.74, 6) is -1.60. The maximum atomic E-state index is 12.8. The Bertz CT molecular complexity index is 1170. The van der Waals surface area contributed by atoms with E-state index in [0.29, 0.717) is 29.2 Å². The second-order valence-electron chi connectivity index (χ2n) is 7.49. The van der Waals surface area contributed by atoms with Crippen LogP contribution in [0.2, 0.25) is 5.02 Å². The van der Waals surface area contributed by atoms with E-state index in [-0.39, 0.29) is 23.1 Å². The summed E-state index contributed by atoms with van der Waals surface area (Å²) < 4.78 is 1.70. The molecule has 162 valence electrons. The summed E-state index contributed by atoms with van der Waals surface area (Å²) in [5, 5.41) is 16.0. The lowest BCUT2D eigenvalue weighted by Crippen LogP contribution is -2.27. The molecule has 0 radical (unpaired) electrons. The van der Waals surface area contributed by atoms with E-state index in [1.165, 1.54) is 0 Å². The molecule has 1 heterocycles. The Morgan fingerprint density at radius 1 is 1.10 bits per heavy atom. The fourth-order valence-electron chi connectivity index (χ4n) is 3.31. The van der Waals surface area contributed by atoms with Crippen LogP contribution in [0.1, 0.15) is 47.2 Å². The van der Waals surface area contributed by atoms with Crippen molar-refractivity contribution < 1.29 is 19.5 Å². The van der Waals surface area contributed by atoms with Gasteiger partial charge in [-0.05, 0) is 48.9 Å². The van der Waals surface area contributed by atoms with Gasteiger partial charge in [0.25, 0.3) is 5.91 Å². The Labute approximate surface area is 185 Å². The fourth-order valence-corrected chi connectivity index (χ4v) is 3.52. The number of aromatic nitrogens is 1. The van der Waals surface area contributed by atoms with Crippen LogP contribution in [0.25, 0.3) is 10.9 Å². The topological polar surface area (TPSA) is 100 Å². The smallest absolute Gasteiger partial charge is 0.352 e. The SMILES string of the molecule is CCn1c(C(=O)O)cc2cc(NC(=O)c3cc(CNC(=O)C(C)C)ccc3Cl)ccc21. The van der Waals surface area contributed by atoms with Gasteiger partial charge >= 0.3 is 5.97 Å². The van der Waals surface area contributed by atoms with E-state index in [1.54, 1.807) is 60.9 Å². The molecule has 0 aliphatic rings. The van der Waals surface area contributed by atoms with Crippen molar-refractivity contribution in [1.29, 1.82) is 0 Å². The van der Waals surface area contributed by atoms with Crippen LogP contribution in [0.3, 0.4) is 0 Å². The highest BCUT2D eigenvalue weighted by molar-refractivity contribution is 6.34. The van der Waals surface area contributed by atoms with Gasteiger partial charge in [0.1, 0.15) is 5.69 Å². The zero-order valence-electron chi connectivity index (χ0n) is 17.5. The monoisotopic (exact) mass is 441 g/mol. The summed E-state index contributed by atoms with van der Waals surface area (Å²) >= 11 is 6.23. The minimum Gasteiger partial charge on any atom is -0.477 e. The number of carboxylic acid groups (broad SMARTS) is 1. The maximum Gasteiger partial charge on any atom is 0.352 e. The molecule has 7 nitrogen and oxygen atoms in total. The predicted octanol–water partition coefficient (Wildman–Crippen LogP) is 4.54. The maximum absolute atomic E-state index is 12.8. The van der Waals surface area contributed by atoms with Crippen LogP contribution in [0.5, 0.6) is 0 Å². The molecule has 0 aliphatic heterocycles. The molecule has 0 unspecified atom stereocenters. The summed E-state index contributed by atoms with van der Waals surface area (Å²) in [5.41, 5.74) is 2.54. The standard InChI is InChI=1S/C23H24ClN3O4/c1-4-27-19-8-6-16(10-15(19)11-20(27)23(30)31)26-22(29)17-9-14(5-7-18(17)24)12-25-21(28)13(2)3/h5-11,13H,4,12H2,1-3H3,(H,25,28)(H,26,29)(H,30,31). The van der Waals surface area contributed by atoms with Crippen LogP contribution in [-0.2, 0) is 17.9 Å². The number of carboxylic acids is 1. The van der Waals surface area contributed by atoms with Crippen molar-refractivity contribution in [2.24, 2.45) is 5.92 Å². The molecule has 0 saturated heterocycles. The van der Waals surface area contributed by atoms with Crippen molar-refractivity contribution in [3.05, 3.63) is 64.3 Å². The largest absolute Gasteiger partial charge is 0.477 e. The molecule has 0 aliphatic carbocycles. The Balaban J connectivity index is 1.82. The molecule has 1 aromatic heterocycles. The van der Waals surface area contributed by atoms with E-state index < -0.39 is 11.9 Å². The highest BCUT2D eigenvalue weighted by atomic mass is 35.5. The summed E-state index contributed by atoms with van der Waals surface area (Å²) in [6.45, 7) is 6.30. The second-order valence-corrected chi connectivity index (χ2v) is 7.90. The lowest BCUT2D eigenvalue weighted by Gasteiger charge is -2.11. The molecule has 2 amide bonds. The highest BCUT2D eigenvalue weighted by Gasteiger charge is 2.16. The lowest BCUT2D eigenvalue weighted by molar-refractivity contribution is -0.124. The van der Waals surface area contributed by atoms with Gasteiger partial charge in [-0.25, -0.2) is 4.79 Å². The number of aryl methyl sites for hydroxylation is 1. The minimum absolute atomic E-state index is 0.0750. The lowest BCUT2D eigenvalue weighted by atomic mass is 10.1. The molecular weight excluding hydrogens is 418 g/mol. The number of benzene rings is 2. The van der Waals surface area contributed by atoms with Crippen LogP contribution < -0.4 is 10.6 Å². The Kier molecular flexibility index (Phi) is 6.65. The van der Waals surface area contributed by atoms with Gasteiger partial charge in [0.2, 0.25) is 5.91 Å². The van der Waals surface area contributed by atoms with Crippen LogP contribution in [0, 0.1) is 5.92 Å². The molecule has 31 heavy (non-hydrogen) atoms. The summed E-state index contributed by atoms with van der Waals surface area (Å²) in [6, 6.07) is 11.8. The zero-order chi connectivity index (χ0) is 22.7. The van der Waals surface area contributed by atoms with Crippen molar-refractivity contribution in [1.82, 2.24) is 9.88 Å². The molecule has 0 spiro atoms. The van der Waals surface area contributed by atoms with Gasteiger partial charge in [-0.1, -0.05) is 31.5 Å². The molecule has 0 fully saturated rings. The van der Waals surface area contributed by atoms with Crippen molar-refractivity contribution >= 4 is 46.0 Å². The highest BCUT2D eigenvalue weighted by Crippen LogP contribution is 2.25. The van der Waals surface area contributed by atoms with Crippen molar-refractivity contribution in [3.63, 3.8) is 0 Å². The van der Waals surface area contributed by atoms with Crippen LogP contribution in [0.4, 0.5) is 5.69 Å². The van der Waals surface area contributed by atoms with Crippen LogP contribution in [0.15, 0.2) is 42.5 Å². The van der Waals surface area contributed by atoms with Crippen molar-refractivity contribution in [2.75, 3.05) is 5.32 Å². The van der Waals surface area contributed by atoms with Crippen molar-refractivity contribution in [3.8, 4) is 0 Å². The van der Waals surface area contributed by atoms with E-state index >= 15 is 0 Å². The number of fused-ring (bicyclic) bond motifs is 1. The number of carbonyl (C=O) groups is 3. The fraction of sp³-hybridized carbons (Fsp3) is 0.261. The first-order chi connectivity index (χ1) is 14.7. The normalized spacial score (nSPS) is 11.0. The molecule has 8 heteroatoms. The third-order valence-electron chi connectivity index (χ3n) is 4.96. The second kappa shape index (κ2) is 9.22. The van der Waals surface area contributed by atoms with Gasteiger partial charge in [0.05, 0.1) is 10.6 Å². The number of nitrogens with one attached hydrogen (secondary N) is 2. The first-order valence-electron chi connectivity index (χ1n) is 9.95. The molecule has 0 atom stereocenters. The van der Waals surface area contributed by atoms with Crippen molar-refractivity contribution in [2.45, 2.75) is 33.9 Å². The molecule has 0 bridgehead atoms. The number of halogens is 1. The minimum atomic E-state index is -1.00. The molecule has 3 N–H and O–H groups in total. The number of nitrogens with zero attached hydrogens (tertiary/aromatic N) is 1. The number of aromatic carboxylic acids is 1. The molecule has 2 aromatic carbocycles. The quantitative estimate of drug-likeness (QED) is 0.501. The van der Waals surface area contributed by atoms with E-state index in [0.717, 1.165) is 11.1 Å². The molecule has 0 saturated carbocycles. The number of amides is 2. The number of carbonyl (C=O) groups excluding carboxylic acids is 2. The summed E-state index contributed by atoms with van der Waals surface area (Å²) in [4.78, 5) is 36.1. The molecule has 3 rings (SSSR count). The van der Waals surface area contributed by atoms with Gasteiger partial charge in [0.15, 0.2) is 0 Å². The van der Waals surface area contributed by atoms with E-state index in [2.05, 4.69) is 10.6 Å². The summed E-state index contributed by atoms with van der Waals surface area (Å²) in [6.07, 6.45) is 0. The molecular formula is C23H24ClN3O4. The van der Waals surface area contributed by atoms with Gasteiger partial charge in [0, 0.05) is 35.6 Å². The Hall–Kier alpha value is -3.32. The van der Waals surface area contributed by atoms with Gasteiger partial charge in [-0.15, -0.1) is 0 Å².